The number of nitrogens with one attached hydrogen (secondary N) is 1. The van der Waals surface area contributed by atoms with Crippen LogP contribution in [0.1, 0.15) is 13.8 Å². The Kier molecular flexibility index (Phi) is 3.10. The van der Waals surface area contributed by atoms with Crippen molar-refractivity contribution in [2.24, 2.45) is 5.92 Å². The molecule has 2 saturated heterocycles. The van der Waals surface area contributed by atoms with Crippen LogP contribution in [0.3, 0.4) is 0 Å². The second kappa shape index (κ2) is 4.17. The molecular formula is C11H23N3. The molecule has 2 aliphatic rings. The zero-order chi connectivity index (χ0) is 10.1. The van der Waals surface area contributed by atoms with Crippen LogP contribution in [0.4, 0.5) is 0 Å². The molecule has 2 fully saturated rings. The lowest BCUT2D eigenvalue weighted by Crippen LogP contribution is -2.56. The SMILES string of the molecule is C[C@@H]1CNC[C@H]2CN(C)CCN2[C@@H]1C. The molecular weight excluding hydrogens is 174 g/mol. The first-order chi connectivity index (χ1) is 6.68. The molecule has 3 heteroatoms. The molecule has 0 aliphatic carbocycles. The van der Waals surface area contributed by atoms with Gasteiger partial charge in [0.15, 0.2) is 0 Å². The van der Waals surface area contributed by atoms with Crippen LogP contribution in [-0.2, 0) is 0 Å². The summed E-state index contributed by atoms with van der Waals surface area (Å²) in [6, 6.07) is 1.47. The highest BCUT2D eigenvalue weighted by Gasteiger charge is 2.32. The standard InChI is InChI=1S/C11H23N3/c1-9-6-12-7-11-8-13(3)4-5-14(11)10(9)2/h9-12H,4-8H2,1-3H3/t9-,10-,11+/m1/s1. The van der Waals surface area contributed by atoms with E-state index in [2.05, 4.69) is 36.0 Å². The molecule has 0 aromatic carbocycles. The van der Waals surface area contributed by atoms with Crippen molar-refractivity contribution in [2.75, 3.05) is 39.8 Å². The van der Waals surface area contributed by atoms with Gasteiger partial charge in [-0.05, 0) is 26.4 Å². The van der Waals surface area contributed by atoms with E-state index in [0.717, 1.165) is 18.0 Å². The number of rotatable bonds is 0. The van der Waals surface area contributed by atoms with Crippen molar-refractivity contribution in [3.05, 3.63) is 0 Å². The van der Waals surface area contributed by atoms with Crippen molar-refractivity contribution < 1.29 is 0 Å². The van der Waals surface area contributed by atoms with E-state index in [9.17, 15) is 0 Å². The fraction of sp³-hybridized carbons (Fsp3) is 1.00. The largest absolute Gasteiger partial charge is 0.315 e. The van der Waals surface area contributed by atoms with Gasteiger partial charge in [0.1, 0.15) is 0 Å². The first-order valence-electron chi connectivity index (χ1n) is 5.83. The van der Waals surface area contributed by atoms with Crippen molar-refractivity contribution in [1.29, 1.82) is 0 Å². The van der Waals surface area contributed by atoms with Crippen LogP contribution in [0, 0.1) is 5.92 Å². The summed E-state index contributed by atoms with van der Waals surface area (Å²) < 4.78 is 0. The molecule has 82 valence electrons. The first kappa shape index (κ1) is 10.4. The quantitative estimate of drug-likeness (QED) is 0.600. The smallest absolute Gasteiger partial charge is 0.0351 e. The summed E-state index contributed by atoms with van der Waals surface area (Å²) in [4.78, 5) is 5.15. The molecule has 0 radical (unpaired) electrons. The third-order valence-corrected chi connectivity index (χ3v) is 3.92. The van der Waals surface area contributed by atoms with Gasteiger partial charge in [0.2, 0.25) is 0 Å². The van der Waals surface area contributed by atoms with Gasteiger partial charge in [0.05, 0.1) is 0 Å². The number of likely N-dealkylation sites (N-methyl/N-ethyl adjacent to an activating group) is 1. The van der Waals surface area contributed by atoms with Crippen LogP contribution in [0.15, 0.2) is 0 Å². The van der Waals surface area contributed by atoms with Crippen LogP contribution < -0.4 is 5.32 Å². The molecule has 2 heterocycles. The van der Waals surface area contributed by atoms with E-state index in [0.29, 0.717) is 0 Å². The van der Waals surface area contributed by atoms with E-state index >= 15 is 0 Å². The van der Waals surface area contributed by atoms with Crippen LogP contribution in [-0.4, -0.2) is 61.7 Å². The maximum Gasteiger partial charge on any atom is 0.0351 e. The maximum absolute atomic E-state index is 3.58. The Hall–Kier alpha value is -0.120. The highest BCUT2D eigenvalue weighted by atomic mass is 15.3. The monoisotopic (exact) mass is 197 g/mol. The second-order valence-corrected chi connectivity index (χ2v) is 5.03. The Morgan fingerprint density at radius 2 is 1.93 bits per heavy atom. The Morgan fingerprint density at radius 1 is 1.14 bits per heavy atom. The molecule has 0 amide bonds. The van der Waals surface area contributed by atoms with E-state index in [1.807, 2.05) is 0 Å². The summed E-state index contributed by atoms with van der Waals surface area (Å²) in [5.41, 5.74) is 0. The van der Waals surface area contributed by atoms with Gasteiger partial charge in [0.25, 0.3) is 0 Å². The predicted molar refractivity (Wildman–Crippen MR) is 59.5 cm³/mol. The molecule has 0 spiro atoms. The summed E-state index contributed by atoms with van der Waals surface area (Å²) in [5.74, 6) is 0.781. The molecule has 14 heavy (non-hydrogen) atoms. The lowest BCUT2D eigenvalue weighted by atomic mass is 10.0. The topological polar surface area (TPSA) is 18.5 Å². The predicted octanol–water partition coefficient (Wildman–Crippen LogP) is 0.230. The van der Waals surface area contributed by atoms with E-state index in [-0.39, 0.29) is 0 Å². The number of piperazine rings is 1. The number of nitrogens with zero attached hydrogens (tertiary/aromatic N) is 2. The summed E-state index contributed by atoms with van der Waals surface area (Å²) >= 11 is 0. The molecule has 2 rings (SSSR count). The van der Waals surface area contributed by atoms with Crippen molar-refractivity contribution in [3.63, 3.8) is 0 Å². The minimum absolute atomic E-state index is 0.730. The maximum atomic E-state index is 3.58. The Morgan fingerprint density at radius 3 is 2.71 bits per heavy atom. The van der Waals surface area contributed by atoms with Crippen LogP contribution >= 0.6 is 0 Å². The molecule has 1 N–H and O–H groups in total. The molecule has 0 aromatic heterocycles. The van der Waals surface area contributed by atoms with Crippen molar-refractivity contribution in [3.8, 4) is 0 Å². The van der Waals surface area contributed by atoms with Gasteiger partial charge < -0.3 is 10.2 Å². The average Bonchev–Trinajstić information content (AvgIpc) is 2.28. The Labute approximate surface area is 87.4 Å². The van der Waals surface area contributed by atoms with Crippen molar-refractivity contribution in [1.82, 2.24) is 15.1 Å². The number of hydrogen-bond acceptors (Lipinski definition) is 3. The van der Waals surface area contributed by atoms with Gasteiger partial charge in [-0.15, -0.1) is 0 Å². The van der Waals surface area contributed by atoms with Gasteiger partial charge >= 0.3 is 0 Å². The minimum Gasteiger partial charge on any atom is -0.315 e. The molecule has 2 aliphatic heterocycles. The lowest BCUT2D eigenvalue weighted by Gasteiger charge is -2.42. The fourth-order valence-electron chi connectivity index (χ4n) is 2.72. The van der Waals surface area contributed by atoms with E-state index < -0.39 is 0 Å². The van der Waals surface area contributed by atoms with E-state index in [4.69, 9.17) is 0 Å². The Bertz CT molecular complexity index is 195. The zero-order valence-corrected chi connectivity index (χ0v) is 9.66. The van der Waals surface area contributed by atoms with E-state index in [1.165, 1.54) is 32.7 Å². The van der Waals surface area contributed by atoms with Gasteiger partial charge in [-0.3, -0.25) is 4.90 Å². The normalized spacial score (nSPS) is 41.8. The van der Waals surface area contributed by atoms with Gasteiger partial charge in [-0.2, -0.15) is 0 Å². The lowest BCUT2D eigenvalue weighted by molar-refractivity contribution is 0.0543. The average molecular weight is 197 g/mol. The fourth-order valence-corrected chi connectivity index (χ4v) is 2.72. The third-order valence-electron chi connectivity index (χ3n) is 3.92. The molecule has 3 atom stereocenters. The van der Waals surface area contributed by atoms with Crippen molar-refractivity contribution in [2.45, 2.75) is 25.9 Å². The highest BCUT2D eigenvalue weighted by molar-refractivity contribution is 4.90. The number of hydrogen-bond donors (Lipinski definition) is 1. The van der Waals surface area contributed by atoms with E-state index in [1.54, 1.807) is 0 Å². The summed E-state index contributed by atoms with van der Waals surface area (Å²) in [6.07, 6.45) is 0. The third kappa shape index (κ3) is 1.95. The highest BCUT2D eigenvalue weighted by Crippen LogP contribution is 2.19. The summed E-state index contributed by atoms with van der Waals surface area (Å²) in [7, 11) is 2.23. The van der Waals surface area contributed by atoms with Gasteiger partial charge in [0, 0.05) is 38.3 Å². The van der Waals surface area contributed by atoms with Crippen molar-refractivity contribution >= 4 is 0 Å². The molecule has 0 saturated carbocycles. The molecule has 0 aromatic rings. The second-order valence-electron chi connectivity index (χ2n) is 5.03. The van der Waals surface area contributed by atoms with Gasteiger partial charge in [-0.1, -0.05) is 6.92 Å². The summed E-state index contributed by atoms with van der Waals surface area (Å²) in [6.45, 7) is 10.8. The van der Waals surface area contributed by atoms with Gasteiger partial charge in [-0.25, -0.2) is 0 Å². The zero-order valence-electron chi connectivity index (χ0n) is 9.66. The van der Waals surface area contributed by atoms with Crippen LogP contribution in [0.25, 0.3) is 0 Å². The summed E-state index contributed by atoms with van der Waals surface area (Å²) in [5, 5.41) is 3.58. The van der Waals surface area contributed by atoms with Crippen LogP contribution in [0.2, 0.25) is 0 Å². The first-order valence-corrected chi connectivity index (χ1v) is 5.83. The Balaban J connectivity index is 2.06. The van der Waals surface area contributed by atoms with Crippen LogP contribution in [0.5, 0.6) is 0 Å². The number of fused-ring (bicyclic) bond motifs is 1. The minimum atomic E-state index is 0.730. The molecule has 0 bridgehead atoms. The molecule has 3 nitrogen and oxygen atoms in total. The molecule has 0 unspecified atom stereocenters.